The van der Waals surface area contributed by atoms with E-state index >= 15 is 0 Å². The van der Waals surface area contributed by atoms with E-state index in [4.69, 9.17) is 0 Å². The van der Waals surface area contributed by atoms with Gasteiger partial charge in [0.1, 0.15) is 5.82 Å². The Hall–Kier alpha value is -2.63. The number of nitrogens with one attached hydrogen (secondary N) is 2. The first-order valence-corrected chi connectivity index (χ1v) is 8.97. The fraction of sp³-hybridized carbons (Fsp3) is 0.421. The summed E-state index contributed by atoms with van der Waals surface area (Å²) in [7, 11) is 0. The van der Waals surface area contributed by atoms with E-state index in [1.165, 1.54) is 18.5 Å². The molecule has 1 atom stereocenters. The molecule has 130 valence electrons. The number of urea groups is 1. The summed E-state index contributed by atoms with van der Waals surface area (Å²) in [6, 6.07) is 10.3. The fourth-order valence-electron chi connectivity index (χ4n) is 3.28. The number of amides is 2. The van der Waals surface area contributed by atoms with Crippen LogP contribution in [0.5, 0.6) is 0 Å². The van der Waals surface area contributed by atoms with Crippen molar-refractivity contribution in [1.29, 1.82) is 0 Å². The smallest absolute Gasteiger partial charge is 0.319 e. The van der Waals surface area contributed by atoms with Crippen molar-refractivity contribution in [3.63, 3.8) is 0 Å². The number of piperidine rings is 1. The average molecular weight is 337 g/mol. The molecule has 6 nitrogen and oxygen atoms in total. The average Bonchev–Trinajstić information content (AvgIpc) is 3.48. The second-order valence-corrected chi connectivity index (χ2v) is 6.82. The molecule has 2 N–H and O–H groups in total. The Morgan fingerprint density at radius 3 is 2.56 bits per heavy atom. The van der Waals surface area contributed by atoms with Crippen molar-refractivity contribution in [1.82, 2.24) is 15.3 Å². The lowest BCUT2D eigenvalue weighted by Crippen LogP contribution is -2.49. The summed E-state index contributed by atoms with van der Waals surface area (Å²) in [6.45, 7) is 1.86. The van der Waals surface area contributed by atoms with Crippen LogP contribution in [0.15, 0.2) is 42.7 Å². The van der Waals surface area contributed by atoms with Crippen LogP contribution in [0.4, 0.5) is 16.2 Å². The zero-order valence-electron chi connectivity index (χ0n) is 14.2. The molecule has 25 heavy (non-hydrogen) atoms. The van der Waals surface area contributed by atoms with E-state index < -0.39 is 0 Å². The number of nitrogens with zero attached hydrogens (tertiary/aromatic N) is 3. The third-order valence-electron chi connectivity index (χ3n) is 4.75. The van der Waals surface area contributed by atoms with Crippen LogP contribution in [-0.4, -0.2) is 35.1 Å². The highest BCUT2D eigenvalue weighted by atomic mass is 16.2. The van der Waals surface area contributed by atoms with E-state index in [-0.39, 0.29) is 12.1 Å². The van der Waals surface area contributed by atoms with Gasteiger partial charge in [0, 0.05) is 30.7 Å². The molecule has 1 saturated carbocycles. The number of anilines is 2. The number of para-hydroxylation sites is 1. The second-order valence-electron chi connectivity index (χ2n) is 6.82. The second kappa shape index (κ2) is 7.09. The van der Waals surface area contributed by atoms with Crippen LogP contribution < -0.4 is 15.5 Å². The van der Waals surface area contributed by atoms with Crippen LogP contribution >= 0.6 is 0 Å². The first-order valence-electron chi connectivity index (χ1n) is 8.97. The van der Waals surface area contributed by atoms with Gasteiger partial charge in [0.15, 0.2) is 0 Å². The number of hydrogen-bond acceptors (Lipinski definition) is 4. The fourth-order valence-corrected chi connectivity index (χ4v) is 3.28. The predicted molar refractivity (Wildman–Crippen MR) is 97.8 cm³/mol. The lowest BCUT2D eigenvalue weighted by atomic mass is 10.1. The number of hydrogen-bond donors (Lipinski definition) is 2. The van der Waals surface area contributed by atoms with Crippen LogP contribution in [0.3, 0.4) is 0 Å². The molecule has 1 aliphatic carbocycles. The first-order chi connectivity index (χ1) is 12.3. The highest BCUT2D eigenvalue weighted by Gasteiger charge is 2.26. The molecule has 2 fully saturated rings. The minimum absolute atomic E-state index is 0.139. The number of carbonyl (C=O) groups is 1. The summed E-state index contributed by atoms with van der Waals surface area (Å²) in [5.41, 5.74) is 1.84. The zero-order chi connectivity index (χ0) is 17.1. The lowest BCUT2D eigenvalue weighted by Gasteiger charge is -2.34. The maximum absolute atomic E-state index is 12.3. The van der Waals surface area contributed by atoms with Crippen molar-refractivity contribution in [2.75, 3.05) is 23.3 Å². The normalized spacial score (nSPS) is 20.2. The van der Waals surface area contributed by atoms with E-state index in [2.05, 4.69) is 37.6 Å². The van der Waals surface area contributed by atoms with Gasteiger partial charge in [-0.05, 0) is 37.8 Å². The Kier molecular flexibility index (Phi) is 4.50. The Morgan fingerprint density at radius 2 is 1.84 bits per heavy atom. The van der Waals surface area contributed by atoms with Crippen molar-refractivity contribution < 1.29 is 4.79 Å². The van der Waals surface area contributed by atoms with Gasteiger partial charge in [0.2, 0.25) is 0 Å². The summed E-state index contributed by atoms with van der Waals surface area (Å²) in [6.07, 6.45) is 7.79. The summed E-state index contributed by atoms with van der Waals surface area (Å²) >= 11 is 0. The SMILES string of the molecule is O=C(Nc1cnc(C2CC2)nc1)NC1CCCN(c2ccccc2)C1. The number of rotatable bonds is 4. The largest absolute Gasteiger partial charge is 0.369 e. The molecule has 2 aliphatic rings. The van der Waals surface area contributed by atoms with Gasteiger partial charge in [0.05, 0.1) is 18.1 Å². The van der Waals surface area contributed by atoms with E-state index in [0.29, 0.717) is 11.6 Å². The molecule has 0 radical (unpaired) electrons. The van der Waals surface area contributed by atoms with Crippen molar-refractivity contribution in [2.24, 2.45) is 0 Å². The van der Waals surface area contributed by atoms with Gasteiger partial charge < -0.3 is 15.5 Å². The number of aromatic nitrogens is 2. The molecule has 2 aromatic rings. The van der Waals surface area contributed by atoms with Crippen LogP contribution in [0.1, 0.15) is 37.4 Å². The molecule has 1 aromatic heterocycles. The maximum Gasteiger partial charge on any atom is 0.319 e. The molecule has 1 unspecified atom stereocenters. The van der Waals surface area contributed by atoms with Gasteiger partial charge in [-0.2, -0.15) is 0 Å². The van der Waals surface area contributed by atoms with E-state index in [1.54, 1.807) is 12.4 Å². The quantitative estimate of drug-likeness (QED) is 0.899. The van der Waals surface area contributed by atoms with Crippen LogP contribution in [-0.2, 0) is 0 Å². The van der Waals surface area contributed by atoms with Gasteiger partial charge in [-0.15, -0.1) is 0 Å². The van der Waals surface area contributed by atoms with Gasteiger partial charge >= 0.3 is 6.03 Å². The molecule has 0 spiro atoms. The number of benzene rings is 1. The molecule has 2 heterocycles. The molecule has 1 aromatic carbocycles. The van der Waals surface area contributed by atoms with Crippen LogP contribution in [0, 0.1) is 0 Å². The lowest BCUT2D eigenvalue weighted by molar-refractivity contribution is 0.246. The van der Waals surface area contributed by atoms with Crippen LogP contribution in [0.2, 0.25) is 0 Å². The van der Waals surface area contributed by atoms with Gasteiger partial charge in [-0.25, -0.2) is 14.8 Å². The maximum atomic E-state index is 12.3. The molecule has 4 rings (SSSR count). The van der Waals surface area contributed by atoms with Gasteiger partial charge in [-0.1, -0.05) is 18.2 Å². The van der Waals surface area contributed by atoms with Crippen molar-refractivity contribution in [3.05, 3.63) is 48.5 Å². The summed E-state index contributed by atoms with van der Waals surface area (Å²) in [4.78, 5) is 23.2. The Bertz CT molecular complexity index is 714. The molecular weight excluding hydrogens is 314 g/mol. The highest BCUT2D eigenvalue weighted by molar-refractivity contribution is 5.89. The third kappa shape index (κ3) is 4.07. The summed E-state index contributed by atoms with van der Waals surface area (Å²) in [5.74, 6) is 1.41. The molecule has 2 amide bonds. The topological polar surface area (TPSA) is 70.1 Å². The predicted octanol–water partition coefficient (Wildman–Crippen LogP) is 3.14. The van der Waals surface area contributed by atoms with Gasteiger partial charge in [-0.3, -0.25) is 0 Å². The van der Waals surface area contributed by atoms with Crippen molar-refractivity contribution in [3.8, 4) is 0 Å². The molecular formula is C19H23N5O. The Labute approximate surface area is 147 Å². The minimum Gasteiger partial charge on any atom is -0.369 e. The summed E-state index contributed by atoms with van der Waals surface area (Å²) in [5, 5.41) is 5.91. The first kappa shape index (κ1) is 15.9. The number of carbonyl (C=O) groups excluding carboxylic acids is 1. The summed E-state index contributed by atoms with van der Waals surface area (Å²) < 4.78 is 0. The highest BCUT2D eigenvalue weighted by Crippen LogP contribution is 2.37. The van der Waals surface area contributed by atoms with Crippen molar-refractivity contribution >= 4 is 17.4 Å². The third-order valence-corrected chi connectivity index (χ3v) is 4.75. The zero-order valence-corrected chi connectivity index (χ0v) is 14.2. The Morgan fingerprint density at radius 1 is 1.08 bits per heavy atom. The van der Waals surface area contributed by atoms with Crippen LogP contribution in [0.25, 0.3) is 0 Å². The van der Waals surface area contributed by atoms with E-state index in [1.807, 2.05) is 18.2 Å². The van der Waals surface area contributed by atoms with E-state index in [9.17, 15) is 4.79 Å². The van der Waals surface area contributed by atoms with E-state index in [0.717, 1.165) is 31.8 Å². The molecule has 6 heteroatoms. The molecule has 1 saturated heterocycles. The molecule has 1 aliphatic heterocycles. The Balaban J connectivity index is 1.31. The standard InChI is InChI=1S/C19H23N5O/c25-19(23-16-11-20-18(21-12-16)14-8-9-14)22-15-5-4-10-24(13-15)17-6-2-1-3-7-17/h1-3,6-7,11-12,14-15H,4-5,8-10,13H2,(H2,22,23,25). The monoisotopic (exact) mass is 337 g/mol. The van der Waals surface area contributed by atoms with Gasteiger partial charge in [0.25, 0.3) is 0 Å². The van der Waals surface area contributed by atoms with Crippen molar-refractivity contribution in [2.45, 2.75) is 37.6 Å². The minimum atomic E-state index is -0.192. The molecule has 0 bridgehead atoms.